The Hall–Kier alpha value is -5.96. The lowest BCUT2D eigenvalue weighted by Crippen LogP contribution is -2.00. The second kappa shape index (κ2) is 11.9. The van der Waals surface area contributed by atoms with Gasteiger partial charge in [-0.3, -0.25) is 0 Å². The van der Waals surface area contributed by atoms with Gasteiger partial charge in [0.05, 0.1) is 40.5 Å². The Morgan fingerprint density at radius 1 is 0.640 bits per heavy atom. The predicted molar refractivity (Wildman–Crippen MR) is 210 cm³/mol. The number of rotatable bonds is 5. The molecule has 4 heterocycles. The molecule has 0 bridgehead atoms. The van der Waals surface area contributed by atoms with Crippen molar-refractivity contribution in [3.8, 4) is 50.6 Å². The SMILES string of the molecule is COc1ccc2cc(-c3cc(-c4ccc(C)cc4)nc4nc(-c5c(-c6ccccc6)[nH]c6ccccc56)c5c(=S)[nH]c(=S)[nH]c5c34)ccc2c1. The molecule has 5 aromatic carbocycles. The van der Waals surface area contributed by atoms with E-state index in [2.05, 4.69) is 101 Å². The van der Waals surface area contributed by atoms with Crippen LogP contribution in [0.2, 0.25) is 0 Å². The topological polar surface area (TPSA) is 82.4 Å². The quantitative estimate of drug-likeness (QED) is 0.124. The molecule has 0 radical (unpaired) electrons. The Labute approximate surface area is 297 Å². The van der Waals surface area contributed by atoms with Gasteiger partial charge < -0.3 is 19.7 Å². The molecule has 6 nitrogen and oxygen atoms in total. The third kappa shape index (κ3) is 5.00. The summed E-state index contributed by atoms with van der Waals surface area (Å²) in [4.78, 5) is 21.1. The summed E-state index contributed by atoms with van der Waals surface area (Å²) >= 11 is 11.8. The summed E-state index contributed by atoms with van der Waals surface area (Å²) in [5.74, 6) is 0.818. The Kier molecular flexibility index (Phi) is 7.15. The average molecular weight is 684 g/mol. The summed E-state index contributed by atoms with van der Waals surface area (Å²) in [5, 5.41) is 4.84. The highest BCUT2D eigenvalue weighted by Gasteiger charge is 2.24. The number of methoxy groups -OCH3 is 1. The number of benzene rings is 5. The molecule has 0 saturated carbocycles. The fraction of sp³-hybridized carbons (Fsp3) is 0.0476. The number of pyridine rings is 2. The van der Waals surface area contributed by atoms with E-state index in [0.717, 1.165) is 88.6 Å². The van der Waals surface area contributed by atoms with Gasteiger partial charge in [0, 0.05) is 22.0 Å². The van der Waals surface area contributed by atoms with Crippen LogP contribution in [0.3, 0.4) is 0 Å². The first-order chi connectivity index (χ1) is 24.4. The maximum atomic E-state index is 6.09. The van der Waals surface area contributed by atoms with Crippen molar-refractivity contribution in [3.63, 3.8) is 0 Å². The number of hydrogen-bond donors (Lipinski definition) is 3. The van der Waals surface area contributed by atoms with Crippen molar-refractivity contribution in [2.45, 2.75) is 6.92 Å². The first kappa shape index (κ1) is 30.1. The summed E-state index contributed by atoms with van der Waals surface area (Å²) in [6.07, 6.45) is 0. The van der Waals surface area contributed by atoms with Gasteiger partial charge in [-0.1, -0.05) is 109 Å². The van der Waals surface area contributed by atoms with Gasteiger partial charge in [-0.15, -0.1) is 0 Å². The van der Waals surface area contributed by atoms with E-state index >= 15 is 0 Å². The predicted octanol–water partition coefficient (Wildman–Crippen LogP) is 11.5. The van der Waals surface area contributed by atoms with E-state index in [1.165, 1.54) is 5.56 Å². The molecule has 9 aromatic rings. The summed E-state index contributed by atoms with van der Waals surface area (Å²) < 4.78 is 6.44. The maximum Gasteiger partial charge on any atom is 0.175 e. The Balaban J connectivity index is 1.44. The van der Waals surface area contributed by atoms with Gasteiger partial charge in [0.25, 0.3) is 0 Å². The van der Waals surface area contributed by atoms with Gasteiger partial charge in [-0.05, 0) is 76.9 Å². The molecule has 0 spiro atoms. The molecule has 0 atom stereocenters. The van der Waals surface area contributed by atoms with Crippen molar-refractivity contribution in [2.75, 3.05) is 7.11 Å². The molecule has 50 heavy (non-hydrogen) atoms. The lowest BCUT2D eigenvalue weighted by atomic mass is 9.94. The maximum absolute atomic E-state index is 6.09. The van der Waals surface area contributed by atoms with Crippen LogP contribution in [-0.4, -0.2) is 32.0 Å². The lowest BCUT2D eigenvalue weighted by molar-refractivity contribution is 0.415. The minimum atomic E-state index is 0.433. The van der Waals surface area contributed by atoms with E-state index in [0.29, 0.717) is 15.1 Å². The molecule has 0 fully saturated rings. The van der Waals surface area contributed by atoms with Crippen LogP contribution >= 0.6 is 24.4 Å². The van der Waals surface area contributed by atoms with E-state index in [1.54, 1.807) is 7.11 Å². The van der Waals surface area contributed by atoms with Crippen molar-refractivity contribution >= 4 is 68.0 Å². The van der Waals surface area contributed by atoms with Crippen LogP contribution in [0.5, 0.6) is 5.75 Å². The van der Waals surface area contributed by atoms with E-state index < -0.39 is 0 Å². The molecule has 0 unspecified atom stereocenters. The van der Waals surface area contributed by atoms with Gasteiger partial charge in [0.15, 0.2) is 10.4 Å². The highest BCUT2D eigenvalue weighted by atomic mass is 32.1. The second-order valence-electron chi connectivity index (χ2n) is 12.5. The number of nitrogens with zero attached hydrogens (tertiary/aromatic N) is 2. The average Bonchev–Trinajstić information content (AvgIpc) is 3.53. The van der Waals surface area contributed by atoms with Crippen molar-refractivity contribution in [2.24, 2.45) is 0 Å². The summed E-state index contributed by atoms with van der Waals surface area (Å²) in [6, 6.07) is 41.8. The number of nitrogens with one attached hydrogen (secondary N) is 3. The molecule has 0 saturated heterocycles. The van der Waals surface area contributed by atoms with Crippen LogP contribution in [0.1, 0.15) is 5.56 Å². The number of aromatic amines is 3. The first-order valence-corrected chi connectivity index (χ1v) is 17.1. The third-order valence-corrected chi connectivity index (χ3v) is 9.87. The number of aryl methyl sites for hydroxylation is 1. The molecular weight excluding hydrogens is 655 g/mol. The van der Waals surface area contributed by atoms with E-state index in [1.807, 2.05) is 42.5 Å². The molecule has 4 aromatic heterocycles. The van der Waals surface area contributed by atoms with Gasteiger partial charge >= 0.3 is 0 Å². The highest BCUT2D eigenvalue weighted by molar-refractivity contribution is 7.72. The van der Waals surface area contributed by atoms with Gasteiger partial charge in [-0.2, -0.15) is 0 Å². The Morgan fingerprint density at radius 3 is 2.20 bits per heavy atom. The van der Waals surface area contributed by atoms with Crippen LogP contribution in [0, 0.1) is 16.3 Å². The highest BCUT2D eigenvalue weighted by Crippen LogP contribution is 2.44. The number of H-pyrrole nitrogens is 3. The van der Waals surface area contributed by atoms with Crippen molar-refractivity contribution in [1.29, 1.82) is 0 Å². The molecule has 0 amide bonds. The van der Waals surface area contributed by atoms with Gasteiger partial charge in [0.1, 0.15) is 10.4 Å². The van der Waals surface area contributed by atoms with Gasteiger partial charge in [-0.25, -0.2) is 9.97 Å². The van der Waals surface area contributed by atoms with Crippen LogP contribution in [0.4, 0.5) is 0 Å². The molecule has 0 aliphatic heterocycles. The van der Waals surface area contributed by atoms with Crippen molar-refractivity contribution in [1.82, 2.24) is 24.9 Å². The van der Waals surface area contributed by atoms with Crippen LogP contribution in [-0.2, 0) is 0 Å². The minimum absolute atomic E-state index is 0.433. The number of fused-ring (bicyclic) bond motifs is 5. The lowest BCUT2D eigenvalue weighted by Gasteiger charge is -2.16. The Morgan fingerprint density at radius 2 is 1.38 bits per heavy atom. The van der Waals surface area contributed by atoms with E-state index in [4.69, 9.17) is 39.1 Å². The molecular formula is C42H29N5OS2. The van der Waals surface area contributed by atoms with E-state index in [-0.39, 0.29) is 0 Å². The fourth-order valence-electron chi connectivity index (χ4n) is 6.93. The normalized spacial score (nSPS) is 11.6. The number of aromatic nitrogens is 5. The molecule has 0 aliphatic carbocycles. The summed E-state index contributed by atoms with van der Waals surface area (Å²) in [5.41, 5.74) is 11.1. The molecule has 8 heteroatoms. The smallest absolute Gasteiger partial charge is 0.175 e. The monoisotopic (exact) mass is 683 g/mol. The van der Waals surface area contributed by atoms with E-state index in [9.17, 15) is 0 Å². The van der Waals surface area contributed by atoms with Crippen LogP contribution < -0.4 is 4.74 Å². The molecule has 3 N–H and O–H groups in total. The number of ether oxygens (including phenoxy) is 1. The second-order valence-corrected chi connectivity index (χ2v) is 13.3. The molecule has 9 rings (SSSR count). The van der Waals surface area contributed by atoms with Crippen LogP contribution in [0.25, 0.3) is 88.5 Å². The fourth-order valence-corrected chi connectivity index (χ4v) is 7.50. The first-order valence-electron chi connectivity index (χ1n) is 16.3. The zero-order chi connectivity index (χ0) is 33.9. The van der Waals surface area contributed by atoms with Gasteiger partial charge in [0.2, 0.25) is 0 Å². The molecule has 0 aliphatic rings. The standard InChI is InChI=1S/C42H29N5OS2/c1-23-12-14-24(15-13-23)33-22-31(28-17-16-27-21-29(48-2)19-18-26(27)20-28)35-39-36(41(49)47-42(50)46-39)38(45-40(35)44-33)34-30-10-6-7-11-32(30)43-37(34)25-8-4-3-5-9-25/h3-22,43H,1-2H3,(H2,46,47,49,50). The van der Waals surface area contributed by atoms with Crippen molar-refractivity contribution in [3.05, 3.63) is 136 Å². The third-order valence-electron chi connectivity index (χ3n) is 9.36. The summed E-state index contributed by atoms with van der Waals surface area (Å²) in [7, 11) is 1.69. The zero-order valence-corrected chi connectivity index (χ0v) is 28.8. The number of para-hydroxylation sites is 1. The van der Waals surface area contributed by atoms with Crippen molar-refractivity contribution < 1.29 is 4.74 Å². The number of hydrogen-bond acceptors (Lipinski definition) is 5. The zero-order valence-electron chi connectivity index (χ0n) is 27.2. The van der Waals surface area contributed by atoms with Crippen LogP contribution in [0.15, 0.2) is 121 Å². The molecule has 240 valence electrons. The Bertz CT molecular complexity index is 2910. The summed E-state index contributed by atoms with van der Waals surface area (Å²) in [6.45, 7) is 2.09. The largest absolute Gasteiger partial charge is 0.497 e. The minimum Gasteiger partial charge on any atom is -0.497 e.